The summed E-state index contributed by atoms with van der Waals surface area (Å²) >= 11 is 6.41. The number of anilines is 1. The zero-order valence-corrected chi connectivity index (χ0v) is 12.9. The maximum absolute atomic E-state index is 6.41. The second-order valence-corrected chi connectivity index (χ2v) is 6.25. The lowest BCUT2D eigenvalue weighted by Gasteiger charge is -2.28. The second-order valence-electron chi connectivity index (χ2n) is 5.85. The monoisotopic (exact) mass is 295 g/mol. The molecule has 0 radical (unpaired) electrons. The summed E-state index contributed by atoms with van der Waals surface area (Å²) in [6.45, 7) is 3.78. The molecule has 1 N–H and O–H groups in total. The fourth-order valence-corrected chi connectivity index (χ4v) is 3.08. The van der Waals surface area contributed by atoms with E-state index in [1.807, 2.05) is 19.3 Å². The number of halogens is 1. The van der Waals surface area contributed by atoms with Crippen LogP contribution in [0.3, 0.4) is 0 Å². The molecule has 4 nitrogen and oxygen atoms in total. The van der Waals surface area contributed by atoms with Crippen LogP contribution in [0.15, 0.2) is 12.3 Å². The highest BCUT2D eigenvalue weighted by atomic mass is 35.5. The van der Waals surface area contributed by atoms with Crippen LogP contribution >= 0.6 is 11.6 Å². The Labute approximate surface area is 125 Å². The van der Waals surface area contributed by atoms with E-state index in [4.69, 9.17) is 16.3 Å². The van der Waals surface area contributed by atoms with Gasteiger partial charge < -0.3 is 15.0 Å². The Balaban J connectivity index is 1.69. The van der Waals surface area contributed by atoms with Crippen LogP contribution in [-0.2, 0) is 11.3 Å². The molecule has 1 aromatic heterocycles. The number of nitrogens with one attached hydrogen (secondary N) is 1. The van der Waals surface area contributed by atoms with Gasteiger partial charge in [-0.25, -0.2) is 4.98 Å². The molecule has 1 saturated heterocycles. The van der Waals surface area contributed by atoms with E-state index in [2.05, 4.69) is 22.1 Å². The molecule has 1 saturated carbocycles. The highest BCUT2D eigenvalue weighted by Crippen LogP contribution is 2.29. The summed E-state index contributed by atoms with van der Waals surface area (Å²) in [7, 11) is 2.05. The minimum Gasteiger partial charge on any atom is -0.376 e. The van der Waals surface area contributed by atoms with Crippen molar-refractivity contribution in [1.29, 1.82) is 0 Å². The molecule has 0 aromatic carbocycles. The summed E-state index contributed by atoms with van der Waals surface area (Å²) in [5.41, 5.74) is 1.15. The molecule has 1 aliphatic carbocycles. The highest BCUT2D eigenvalue weighted by Gasteiger charge is 2.29. The molecular weight excluding hydrogens is 274 g/mol. The fourth-order valence-electron chi connectivity index (χ4n) is 2.76. The SMILES string of the molecule is CC1OCCC1N(C)c1ncc(CNC2CC2)cc1Cl. The molecule has 1 aromatic rings. The first kappa shape index (κ1) is 14.1. The maximum Gasteiger partial charge on any atom is 0.147 e. The molecule has 2 unspecified atom stereocenters. The molecule has 2 fully saturated rings. The highest BCUT2D eigenvalue weighted by molar-refractivity contribution is 6.33. The van der Waals surface area contributed by atoms with Crippen LogP contribution in [0.25, 0.3) is 0 Å². The molecule has 0 amide bonds. The van der Waals surface area contributed by atoms with Gasteiger partial charge in [-0.1, -0.05) is 11.6 Å². The molecule has 5 heteroatoms. The van der Waals surface area contributed by atoms with Crippen molar-refractivity contribution in [3.63, 3.8) is 0 Å². The van der Waals surface area contributed by atoms with Gasteiger partial charge in [0.25, 0.3) is 0 Å². The van der Waals surface area contributed by atoms with Gasteiger partial charge in [0.05, 0.1) is 17.2 Å². The number of nitrogens with zero attached hydrogens (tertiary/aromatic N) is 2. The van der Waals surface area contributed by atoms with Crippen molar-refractivity contribution < 1.29 is 4.74 Å². The van der Waals surface area contributed by atoms with Crippen LogP contribution in [0.5, 0.6) is 0 Å². The largest absolute Gasteiger partial charge is 0.376 e. The molecule has 0 spiro atoms. The number of aromatic nitrogens is 1. The first-order valence-corrected chi connectivity index (χ1v) is 7.75. The quantitative estimate of drug-likeness (QED) is 0.906. The summed E-state index contributed by atoms with van der Waals surface area (Å²) < 4.78 is 5.62. The first-order chi connectivity index (χ1) is 9.65. The van der Waals surface area contributed by atoms with Gasteiger partial charge in [-0.2, -0.15) is 0 Å². The van der Waals surface area contributed by atoms with Crippen LogP contribution in [0, 0.1) is 0 Å². The van der Waals surface area contributed by atoms with Crippen molar-refractivity contribution in [1.82, 2.24) is 10.3 Å². The van der Waals surface area contributed by atoms with Crippen molar-refractivity contribution in [3.05, 3.63) is 22.8 Å². The Morgan fingerprint density at radius 3 is 2.85 bits per heavy atom. The number of hydrogen-bond acceptors (Lipinski definition) is 4. The van der Waals surface area contributed by atoms with Gasteiger partial charge >= 0.3 is 0 Å². The topological polar surface area (TPSA) is 37.4 Å². The second kappa shape index (κ2) is 5.88. The van der Waals surface area contributed by atoms with Gasteiger partial charge in [-0.3, -0.25) is 0 Å². The van der Waals surface area contributed by atoms with E-state index >= 15 is 0 Å². The third kappa shape index (κ3) is 3.08. The van der Waals surface area contributed by atoms with Crippen molar-refractivity contribution in [2.75, 3.05) is 18.6 Å². The van der Waals surface area contributed by atoms with E-state index in [1.54, 1.807) is 0 Å². The third-order valence-electron chi connectivity index (χ3n) is 4.22. The average Bonchev–Trinajstić information content (AvgIpc) is 3.16. The Morgan fingerprint density at radius 2 is 2.25 bits per heavy atom. The maximum atomic E-state index is 6.41. The van der Waals surface area contributed by atoms with E-state index in [-0.39, 0.29) is 6.10 Å². The predicted molar refractivity (Wildman–Crippen MR) is 81.3 cm³/mol. The van der Waals surface area contributed by atoms with Crippen molar-refractivity contribution in [2.45, 2.75) is 50.9 Å². The van der Waals surface area contributed by atoms with Gasteiger partial charge in [-0.05, 0) is 37.8 Å². The Bertz CT molecular complexity index is 478. The smallest absolute Gasteiger partial charge is 0.147 e. The van der Waals surface area contributed by atoms with E-state index < -0.39 is 0 Å². The van der Waals surface area contributed by atoms with Crippen LogP contribution in [0.4, 0.5) is 5.82 Å². The summed E-state index contributed by atoms with van der Waals surface area (Å²) in [6, 6.07) is 3.08. The van der Waals surface area contributed by atoms with Crippen LogP contribution in [0.1, 0.15) is 31.7 Å². The van der Waals surface area contributed by atoms with E-state index in [0.717, 1.165) is 36.0 Å². The minimum atomic E-state index is 0.231. The van der Waals surface area contributed by atoms with Crippen molar-refractivity contribution in [3.8, 4) is 0 Å². The number of likely N-dealkylation sites (N-methyl/N-ethyl adjacent to an activating group) is 1. The lowest BCUT2D eigenvalue weighted by molar-refractivity contribution is 0.118. The van der Waals surface area contributed by atoms with Gasteiger partial charge in [0.15, 0.2) is 0 Å². The fraction of sp³-hybridized carbons (Fsp3) is 0.667. The van der Waals surface area contributed by atoms with Crippen LogP contribution < -0.4 is 10.2 Å². The molecule has 1 aliphatic heterocycles. The minimum absolute atomic E-state index is 0.231. The van der Waals surface area contributed by atoms with Gasteiger partial charge in [0, 0.05) is 32.4 Å². The molecule has 2 aliphatic rings. The molecular formula is C15H22ClN3O. The van der Waals surface area contributed by atoms with Crippen molar-refractivity contribution >= 4 is 17.4 Å². The van der Waals surface area contributed by atoms with Crippen LogP contribution in [-0.4, -0.2) is 36.8 Å². The predicted octanol–water partition coefficient (Wildman–Crippen LogP) is 2.60. The van der Waals surface area contributed by atoms with E-state index in [9.17, 15) is 0 Å². The first-order valence-electron chi connectivity index (χ1n) is 7.37. The van der Waals surface area contributed by atoms with Gasteiger partial charge in [0.1, 0.15) is 5.82 Å². The van der Waals surface area contributed by atoms with Gasteiger partial charge in [-0.15, -0.1) is 0 Å². The van der Waals surface area contributed by atoms with E-state index in [1.165, 1.54) is 12.8 Å². The summed E-state index contributed by atoms with van der Waals surface area (Å²) in [6.07, 6.45) is 5.77. The number of rotatable bonds is 5. The molecule has 20 heavy (non-hydrogen) atoms. The molecule has 110 valence electrons. The third-order valence-corrected chi connectivity index (χ3v) is 4.50. The number of hydrogen-bond donors (Lipinski definition) is 1. The lowest BCUT2D eigenvalue weighted by Crippen LogP contribution is -2.37. The number of ether oxygens (including phenoxy) is 1. The Morgan fingerprint density at radius 1 is 1.45 bits per heavy atom. The van der Waals surface area contributed by atoms with Crippen molar-refractivity contribution in [2.24, 2.45) is 0 Å². The number of pyridine rings is 1. The molecule has 2 atom stereocenters. The normalized spacial score (nSPS) is 25.9. The summed E-state index contributed by atoms with van der Waals surface area (Å²) in [5, 5.41) is 4.20. The Kier molecular flexibility index (Phi) is 4.15. The van der Waals surface area contributed by atoms with Crippen LogP contribution in [0.2, 0.25) is 5.02 Å². The summed E-state index contributed by atoms with van der Waals surface area (Å²) in [5.74, 6) is 0.851. The van der Waals surface area contributed by atoms with E-state index in [0.29, 0.717) is 12.1 Å². The summed E-state index contributed by atoms with van der Waals surface area (Å²) in [4.78, 5) is 6.70. The van der Waals surface area contributed by atoms with Gasteiger partial charge in [0.2, 0.25) is 0 Å². The lowest BCUT2D eigenvalue weighted by atomic mass is 10.1. The zero-order chi connectivity index (χ0) is 14.1. The average molecular weight is 296 g/mol. The molecule has 3 rings (SSSR count). The standard InChI is InChI=1S/C15H22ClN3O/c1-10-14(5-6-20-10)19(2)15-13(16)7-11(9-18-15)8-17-12-3-4-12/h7,9-10,12,14,17H,3-6,8H2,1-2H3. The zero-order valence-electron chi connectivity index (χ0n) is 12.1. The molecule has 0 bridgehead atoms. The molecule has 2 heterocycles. The Hall–Kier alpha value is -0.840.